The van der Waals surface area contributed by atoms with Crippen LogP contribution in [0.1, 0.15) is 0 Å². The summed E-state index contributed by atoms with van der Waals surface area (Å²) in [5.74, 6) is 0. The van der Waals surface area contributed by atoms with Gasteiger partial charge < -0.3 is 0 Å². The van der Waals surface area contributed by atoms with E-state index in [1.54, 1.807) is 34.6 Å². The van der Waals surface area contributed by atoms with Crippen LogP contribution in [0.3, 0.4) is 0 Å². The maximum atomic E-state index is 12.5. The molecule has 5 nitrogen and oxygen atoms in total. The number of rotatable bonds is 4. The summed E-state index contributed by atoms with van der Waals surface area (Å²) < 4.78 is 47.9. The molecule has 0 spiro atoms. The quantitative estimate of drug-likeness (QED) is 0.586. The van der Waals surface area contributed by atoms with Crippen LogP contribution < -0.4 is 12.9 Å². The number of hydrogen-bond donors (Lipinski definition) is 2. The summed E-state index contributed by atoms with van der Waals surface area (Å²) in [6.07, 6.45) is 0. The molecule has 0 fully saturated rings. The molecule has 106 valence electrons. The molecule has 0 bridgehead atoms. The molecular weight excluding hydrogens is 365 g/mol. The van der Waals surface area contributed by atoms with Crippen LogP contribution in [0.15, 0.2) is 59.5 Å². The minimum absolute atomic E-state index is 0.0696. The van der Waals surface area contributed by atoms with Gasteiger partial charge >= 0.3 is 124 Å². The van der Waals surface area contributed by atoms with E-state index in [0.29, 0.717) is 4.35 Å². The fourth-order valence-corrected chi connectivity index (χ4v) is 5.50. The van der Waals surface area contributed by atoms with E-state index in [1.165, 1.54) is 24.3 Å². The predicted octanol–water partition coefficient (Wildman–Crippen LogP) is 0.0979. The fraction of sp³-hybridized carbons (Fsp3) is 0. The van der Waals surface area contributed by atoms with Crippen LogP contribution in [0, 0.1) is 0 Å². The first-order valence-electron chi connectivity index (χ1n) is 5.49. The normalized spacial score (nSPS) is 14.7. The van der Waals surface area contributed by atoms with E-state index >= 15 is 0 Å². The van der Waals surface area contributed by atoms with Gasteiger partial charge in [-0.15, -0.1) is 0 Å². The number of halogens is 1. The summed E-state index contributed by atoms with van der Waals surface area (Å²) in [6.45, 7) is 0. The van der Waals surface area contributed by atoms with Crippen molar-refractivity contribution in [1.82, 2.24) is 4.24 Å². The second-order valence-electron chi connectivity index (χ2n) is 3.99. The Labute approximate surface area is 124 Å². The Kier molecular flexibility index (Phi) is 4.42. The summed E-state index contributed by atoms with van der Waals surface area (Å²) in [5, 5.41) is 0. The third-order valence-electron chi connectivity index (χ3n) is 2.70. The molecule has 0 radical (unpaired) electrons. The van der Waals surface area contributed by atoms with Gasteiger partial charge in [0.2, 0.25) is 0 Å². The van der Waals surface area contributed by atoms with Gasteiger partial charge in [0.1, 0.15) is 0 Å². The van der Waals surface area contributed by atoms with E-state index in [1.807, 2.05) is 0 Å². The molecule has 2 aromatic carbocycles. The zero-order chi connectivity index (χ0) is 14.8. The fourth-order valence-electron chi connectivity index (χ4n) is 1.65. The van der Waals surface area contributed by atoms with Gasteiger partial charge in [-0.05, 0) is 0 Å². The Morgan fingerprint density at radius 3 is 1.95 bits per heavy atom. The second-order valence-corrected chi connectivity index (χ2v) is 10.7. The van der Waals surface area contributed by atoms with Gasteiger partial charge in [-0.25, -0.2) is 0 Å². The molecule has 20 heavy (non-hydrogen) atoms. The first-order chi connectivity index (χ1) is 9.38. The summed E-state index contributed by atoms with van der Waals surface area (Å²) in [5.41, 5.74) is 0. The minimum atomic E-state index is -4.43. The van der Waals surface area contributed by atoms with Gasteiger partial charge in [0.05, 0.1) is 0 Å². The van der Waals surface area contributed by atoms with Crippen molar-refractivity contribution >= 4 is 44.3 Å². The van der Waals surface area contributed by atoms with Crippen LogP contribution >= 0.6 is 11.8 Å². The molecule has 0 aliphatic heterocycles. The molecular formula is C12H11AsClNO4S. The van der Waals surface area contributed by atoms with Gasteiger partial charge in [0.15, 0.2) is 0 Å². The number of hydrogen-bond acceptors (Lipinski definition) is 3. The molecule has 0 aliphatic rings. The van der Waals surface area contributed by atoms with Crippen molar-refractivity contribution in [1.29, 1.82) is 0 Å². The molecule has 8 heteroatoms. The average molecular weight is 376 g/mol. The SMILES string of the molecule is O=S(=O)(NCl)c1ccc([As](=O)(O)c2ccccc2)cc1. The van der Waals surface area contributed by atoms with Crippen LogP contribution in [0.25, 0.3) is 0 Å². The van der Waals surface area contributed by atoms with E-state index < -0.39 is 23.9 Å². The zero-order valence-corrected chi connectivity index (χ0v) is 13.6. The van der Waals surface area contributed by atoms with E-state index in [4.69, 9.17) is 11.8 Å². The van der Waals surface area contributed by atoms with Gasteiger partial charge in [0, 0.05) is 0 Å². The Morgan fingerprint density at radius 2 is 1.45 bits per heavy atom. The first-order valence-corrected chi connectivity index (χ1v) is 10.8. The van der Waals surface area contributed by atoms with Crippen molar-refractivity contribution in [3.05, 3.63) is 54.6 Å². The Bertz CT molecular complexity index is 747. The second kappa shape index (κ2) is 5.75. The third-order valence-corrected chi connectivity index (χ3v) is 8.60. The molecule has 2 rings (SSSR count). The predicted molar refractivity (Wildman–Crippen MR) is 77.0 cm³/mol. The van der Waals surface area contributed by atoms with E-state index in [2.05, 4.69) is 0 Å². The molecule has 1 atom stereocenters. The third kappa shape index (κ3) is 3.00. The monoisotopic (exact) mass is 375 g/mol. The van der Waals surface area contributed by atoms with Crippen molar-refractivity contribution in [2.24, 2.45) is 0 Å². The van der Waals surface area contributed by atoms with Crippen LogP contribution in [-0.2, 0) is 13.8 Å². The zero-order valence-electron chi connectivity index (χ0n) is 10.1. The van der Waals surface area contributed by atoms with Gasteiger partial charge in [-0.3, -0.25) is 0 Å². The van der Waals surface area contributed by atoms with Crippen LogP contribution in [-0.4, -0.2) is 26.3 Å². The van der Waals surface area contributed by atoms with E-state index in [-0.39, 0.29) is 9.25 Å². The summed E-state index contributed by atoms with van der Waals surface area (Å²) >= 11 is 0.689. The molecule has 0 aromatic heterocycles. The van der Waals surface area contributed by atoms with Crippen LogP contribution in [0.5, 0.6) is 0 Å². The van der Waals surface area contributed by atoms with E-state index in [9.17, 15) is 16.3 Å². The number of benzene rings is 2. The molecule has 0 aliphatic carbocycles. The topological polar surface area (TPSA) is 83.5 Å². The summed E-state index contributed by atoms with van der Waals surface area (Å²) in [6, 6.07) is 13.4. The molecule has 2 N–H and O–H groups in total. The van der Waals surface area contributed by atoms with Crippen molar-refractivity contribution in [2.75, 3.05) is 0 Å². The van der Waals surface area contributed by atoms with Crippen molar-refractivity contribution in [3.8, 4) is 0 Å². The Morgan fingerprint density at radius 1 is 0.950 bits per heavy atom. The first kappa shape index (κ1) is 15.3. The van der Waals surface area contributed by atoms with Crippen molar-refractivity contribution < 1.29 is 16.3 Å². The molecule has 0 amide bonds. The van der Waals surface area contributed by atoms with Crippen molar-refractivity contribution in [2.45, 2.75) is 4.90 Å². The standard InChI is InChI=1S/C12H11AsClNO4S/c14-15-20(18,19)12-8-6-11(7-9-12)13(16,17)10-4-2-1-3-5-10/h1-9,15H,(H,16,17). The van der Waals surface area contributed by atoms with Gasteiger partial charge in [-0.1, -0.05) is 0 Å². The summed E-state index contributed by atoms with van der Waals surface area (Å²) in [4.78, 5) is -0.0696. The summed E-state index contributed by atoms with van der Waals surface area (Å²) in [7, 11) is -3.77. The Balaban J connectivity index is 2.43. The van der Waals surface area contributed by atoms with Gasteiger partial charge in [-0.2, -0.15) is 0 Å². The van der Waals surface area contributed by atoms with Crippen molar-refractivity contribution in [3.63, 3.8) is 0 Å². The number of sulfonamides is 1. The van der Waals surface area contributed by atoms with Gasteiger partial charge in [0.25, 0.3) is 0 Å². The van der Waals surface area contributed by atoms with Crippen LogP contribution in [0.2, 0.25) is 0 Å². The average Bonchev–Trinajstić information content (AvgIpc) is 2.48. The molecule has 0 heterocycles. The number of nitrogens with one attached hydrogen (secondary N) is 1. The molecule has 0 saturated carbocycles. The molecule has 2 aromatic rings. The maximum absolute atomic E-state index is 12.5. The molecule has 0 saturated heterocycles. The van der Waals surface area contributed by atoms with Crippen LogP contribution in [0.4, 0.5) is 0 Å². The van der Waals surface area contributed by atoms with E-state index in [0.717, 1.165) is 0 Å². The molecule has 1 unspecified atom stereocenters. The Hall–Kier alpha value is -1.04.